The summed E-state index contributed by atoms with van der Waals surface area (Å²) in [5.41, 5.74) is 1.45. The minimum Gasteiger partial charge on any atom is -0.486 e. The summed E-state index contributed by atoms with van der Waals surface area (Å²) < 4.78 is 11.1. The average molecular weight is 320 g/mol. The molecular weight excluding hydrogens is 310 g/mol. The molecule has 106 valence electrons. The third kappa shape index (κ3) is 2.20. The molecule has 3 heterocycles. The van der Waals surface area contributed by atoms with E-state index < -0.39 is 0 Å². The molecule has 3 aromatic rings. The van der Waals surface area contributed by atoms with E-state index in [1.54, 1.807) is 11.3 Å². The highest BCUT2D eigenvalue weighted by molar-refractivity contribution is 7.09. The van der Waals surface area contributed by atoms with Crippen molar-refractivity contribution < 1.29 is 9.47 Å². The van der Waals surface area contributed by atoms with Gasteiger partial charge in [0.25, 0.3) is 0 Å². The van der Waals surface area contributed by atoms with E-state index in [0.717, 1.165) is 21.6 Å². The van der Waals surface area contributed by atoms with Crippen LogP contribution in [0.15, 0.2) is 17.5 Å². The molecule has 7 heteroatoms. The zero-order chi connectivity index (χ0) is 14.4. The van der Waals surface area contributed by atoms with E-state index in [9.17, 15) is 0 Å². The van der Waals surface area contributed by atoms with E-state index >= 15 is 0 Å². The molecule has 0 radical (unpaired) electrons. The Morgan fingerprint density at radius 2 is 1.86 bits per heavy atom. The summed E-state index contributed by atoms with van der Waals surface area (Å²) in [7, 11) is 0. The van der Waals surface area contributed by atoms with Gasteiger partial charge < -0.3 is 9.47 Å². The van der Waals surface area contributed by atoms with Crippen molar-refractivity contribution in [2.75, 3.05) is 13.2 Å². The highest BCUT2D eigenvalue weighted by Crippen LogP contribution is 2.36. The molecule has 0 aliphatic carbocycles. The van der Waals surface area contributed by atoms with Crippen molar-refractivity contribution in [2.24, 2.45) is 0 Å². The number of aromatic nitrogens is 3. The molecule has 0 amide bonds. The summed E-state index contributed by atoms with van der Waals surface area (Å²) in [4.78, 5) is 13.3. The topological polar surface area (TPSA) is 57.1 Å². The fraction of sp³-hybridized carbons (Fsp3) is 0.214. The number of nitrogens with zero attached hydrogens (tertiary/aromatic N) is 3. The summed E-state index contributed by atoms with van der Waals surface area (Å²) in [6.45, 7) is 3.01. The molecule has 0 N–H and O–H groups in total. The Hall–Kier alpha value is -1.92. The van der Waals surface area contributed by atoms with Crippen LogP contribution in [-0.4, -0.2) is 28.2 Å². The predicted molar refractivity (Wildman–Crippen MR) is 81.4 cm³/mol. The van der Waals surface area contributed by atoms with Crippen molar-refractivity contribution in [3.63, 3.8) is 0 Å². The van der Waals surface area contributed by atoms with E-state index in [0.29, 0.717) is 35.7 Å². The Morgan fingerprint density at radius 3 is 2.57 bits per heavy atom. The second-order valence-corrected chi connectivity index (χ2v) is 6.02. The SMILES string of the molecule is Cc1nc(-c2nc(Cl)c3cc4c(cc3n2)OCCO4)cs1. The summed E-state index contributed by atoms with van der Waals surface area (Å²) in [6, 6.07) is 3.66. The number of halogens is 1. The van der Waals surface area contributed by atoms with E-state index in [2.05, 4.69) is 15.0 Å². The van der Waals surface area contributed by atoms with Crippen molar-refractivity contribution in [1.29, 1.82) is 0 Å². The third-order valence-electron chi connectivity index (χ3n) is 3.16. The Kier molecular flexibility index (Phi) is 2.94. The van der Waals surface area contributed by atoms with Gasteiger partial charge >= 0.3 is 0 Å². The number of hydrogen-bond acceptors (Lipinski definition) is 6. The van der Waals surface area contributed by atoms with Crippen LogP contribution in [-0.2, 0) is 0 Å². The third-order valence-corrected chi connectivity index (χ3v) is 4.22. The summed E-state index contributed by atoms with van der Waals surface area (Å²) in [5, 5.41) is 4.02. The van der Waals surface area contributed by atoms with Crippen molar-refractivity contribution in [3.8, 4) is 23.0 Å². The fourth-order valence-electron chi connectivity index (χ4n) is 2.21. The van der Waals surface area contributed by atoms with E-state index in [1.807, 2.05) is 24.4 Å². The quantitative estimate of drug-likeness (QED) is 0.643. The monoisotopic (exact) mass is 319 g/mol. The number of fused-ring (bicyclic) bond motifs is 2. The number of ether oxygens (including phenoxy) is 2. The highest BCUT2D eigenvalue weighted by atomic mass is 35.5. The first-order chi connectivity index (χ1) is 10.2. The number of thiazole rings is 1. The normalized spacial score (nSPS) is 13.6. The van der Waals surface area contributed by atoms with Crippen LogP contribution >= 0.6 is 22.9 Å². The molecular formula is C14H10ClN3O2S. The lowest BCUT2D eigenvalue weighted by atomic mass is 10.2. The van der Waals surface area contributed by atoms with E-state index in [-0.39, 0.29) is 0 Å². The van der Waals surface area contributed by atoms with Gasteiger partial charge in [-0.3, -0.25) is 0 Å². The first kappa shape index (κ1) is 12.8. The lowest BCUT2D eigenvalue weighted by molar-refractivity contribution is 0.172. The molecule has 1 aliphatic heterocycles. The minimum absolute atomic E-state index is 0.387. The van der Waals surface area contributed by atoms with Gasteiger partial charge in [0.15, 0.2) is 17.3 Å². The Labute approximate surface area is 129 Å². The second kappa shape index (κ2) is 4.82. The maximum atomic E-state index is 6.29. The molecule has 1 aliphatic rings. The average Bonchev–Trinajstić information content (AvgIpc) is 2.92. The predicted octanol–water partition coefficient (Wildman–Crippen LogP) is 3.49. The highest BCUT2D eigenvalue weighted by Gasteiger charge is 2.17. The first-order valence-corrected chi connectivity index (χ1v) is 7.66. The molecule has 21 heavy (non-hydrogen) atoms. The zero-order valence-electron chi connectivity index (χ0n) is 11.1. The molecule has 0 saturated carbocycles. The maximum Gasteiger partial charge on any atom is 0.181 e. The van der Waals surface area contributed by atoms with Crippen molar-refractivity contribution in [2.45, 2.75) is 6.92 Å². The van der Waals surface area contributed by atoms with Gasteiger partial charge in [-0.25, -0.2) is 15.0 Å². The minimum atomic E-state index is 0.387. The van der Waals surface area contributed by atoms with E-state index in [1.165, 1.54) is 0 Å². The van der Waals surface area contributed by atoms with Crippen molar-refractivity contribution >= 4 is 33.8 Å². The second-order valence-electron chi connectivity index (χ2n) is 4.60. The van der Waals surface area contributed by atoms with Crippen LogP contribution in [0.5, 0.6) is 11.5 Å². The van der Waals surface area contributed by atoms with Gasteiger partial charge in [-0.05, 0) is 13.0 Å². The first-order valence-electron chi connectivity index (χ1n) is 6.40. The van der Waals surface area contributed by atoms with Crippen molar-refractivity contribution in [1.82, 2.24) is 15.0 Å². The summed E-state index contributed by atoms with van der Waals surface area (Å²) in [5.74, 6) is 1.88. The largest absolute Gasteiger partial charge is 0.486 e. The number of rotatable bonds is 1. The lowest BCUT2D eigenvalue weighted by Gasteiger charge is -2.18. The Morgan fingerprint density at radius 1 is 1.10 bits per heavy atom. The lowest BCUT2D eigenvalue weighted by Crippen LogP contribution is -2.15. The number of hydrogen-bond donors (Lipinski definition) is 0. The smallest absolute Gasteiger partial charge is 0.181 e. The fourth-order valence-corrected chi connectivity index (χ4v) is 3.03. The summed E-state index contributed by atoms with van der Waals surface area (Å²) in [6.07, 6.45) is 0. The summed E-state index contributed by atoms with van der Waals surface area (Å²) >= 11 is 7.84. The maximum absolute atomic E-state index is 6.29. The van der Waals surface area contributed by atoms with Gasteiger partial charge in [0.1, 0.15) is 24.1 Å². The number of aryl methyl sites for hydroxylation is 1. The Bertz CT molecular complexity index is 850. The van der Waals surface area contributed by atoms with Crippen LogP contribution in [0.3, 0.4) is 0 Å². The van der Waals surface area contributed by atoms with Crippen molar-refractivity contribution in [3.05, 3.63) is 27.7 Å². The molecule has 0 atom stereocenters. The van der Waals surface area contributed by atoms with Crippen LogP contribution < -0.4 is 9.47 Å². The molecule has 2 aromatic heterocycles. The van der Waals surface area contributed by atoms with Gasteiger partial charge in [-0.15, -0.1) is 11.3 Å². The molecule has 5 nitrogen and oxygen atoms in total. The molecule has 0 fully saturated rings. The molecule has 0 unspecified atom stereocenters. The van der Waals surface area contributed by atoms with Crippen LogP contribution in [0.25, 0.3) is 22.4 Å². The van der Waals surface area contributed by atoms with Crippen LogP contribution in [0, 0.1) is 6.92 Å². The Balaban J connectivity index is 1.92. The van der Waals surface area contributed by atoms with Gasteiger partial charge in [0.2, 0.25) is 0 Å². The van der Waals surface area contributed by atoms with Crippen LogP contribution in [0.4, 0.5) is 0 Å². The molecule has 0 bridgehead atoms. The molecule has 1 aromatic carbocycles. The standard InChI is InChI=1S/C14H10ClN3O2S/c1-7-16-10(6-21-7)14-17-9-5-12-11(19-2-3-20-12)4-8(9)13(15)18-14/h4-6H,2-3H2,1H3. The van der Waals surface area contributed by atoms with Gasteiger partial charge in [0.05, 0.1) is 10.5 Å². The molecule has 4 rings (SSSR count). The molecule has 0 saturated heterocycles. The van der Waals surface area contributed by atoms with Crippen LogP contribution in [0.2, 0.25) is 5.15 Å². The van der Waals surface area contributed by atoms with Gasteiger partial charge in [0, 0.05) is 16.8 Å². The van der Waals surface area contributed by atoms with E-state index in [4.69, 9.17) is 21.1 Å². The van der Waals surface area contributed by atoms with Gasteiger partial charge in [-0.2, -0.15) is 0 Å². The van der Waals surface area contributed by atoms with Crippen LogP contribution in [0.1, 0.15) is 5.01 Å². The number of benzene rings is 1. The molecule has 0 spiro atoms. The zero-order valence-corrected chi connectivity index (χ0v) is 12.7. The van der Waals surface area contributed by atoms with Gasteiger partial charge in [-0.1, -0.05) is 11.6 Å².